The first-order valence-corrected chi connectivity index (χ1v) is 11.6. The van der Waals surface area contributed by atoms with E-state index in [0.29, 0.717) is 32.1 Å². The average Bonchev–Trinajstić information content (AvgIpc) is 3.29. The van der Waals surface area contributed by atoms with Crippen LogP contribution in [0.2, 0.25) is 0 Å². The van der Waals surface area contributed by atoms with E-state index in [9.17, 15) is 8.42 Å². The number of nitrogens with two attached hydrogens (primary N) is 1. The summed E-state index contributed by atoms with van der Waals surface area (Å²) in [6.45, 7) is 4.93. The van der Waals surface area contributed by atoms with Crippen molar-refractivity contribution in [2.45, 2.75) is 19.1 Å². The number of anilines is 4. The van der Waals surface area contributed by atoms with Crippen molar-refractivity contribution in [2.75, 3.05) is 48.8 Å². The lowest BCUT2D eigenvalue weighted by molar-refractivity contribution is 0.353. The molecule has 1 aliphatic heterocycles. The second-order valence-electron chi connectivity index (χ2n) is 7.59. The lowest BCUT2D eigenvalue weighted by Gasteiger charge is -2.33. The summed E-state index contributed by atoms with van der Waals surface area (Å²) < 4.78 is 31.6. The second kappa shape index (κ2) is 8.67. The van der Waals surface area contributed by atoms with E-state index in [1.54, 1.807) is 18.7 Å². The Labute approximate surface area is 186 Å². The molecule has 0 radical (unpaired) electrons. The van der Waals surface area contributed by atoms with E-state index >= 15 is 0 Å². The van der Waals surface area contributed by atoms with E-state index in [0.717, 1.165) is 5.69 Å². The van der Waals surface area contributed by atoms with Gasteiger partial charge in [0.1, 0.15) is 0 Å². The third kappa shape index (κ3) is 4.34. The molecule has 0 saturated carbocycles. The molecule has 2 N–H and O–H groups in total. The SMILES string of the molecule is CC(C)S(=O)(=O)N1CCN(c2nc(-c3nc(N)nc(N(C)c4ccccc4)n3)no2)CC1. The van der Waals surface area contributed by atoms with Crippen molar-refractivity contribution in [3.05, 3.63) is 30.3 Å². The van der Waals surface area contributed by atoms with E-state index in [1.165, 1.54) is 4.31 Å². The van der Waals surface area contributed by atoms with Gasteiger partial charge in [-0.25, -0.2) is 8.42 Å². The molecule has 0 amide bonds. The first-order chi connectivity index (χ1) is 15.3. The molecule has 2 aromatic heterocycles. The highest BCUT2D eigenvalue weighted by Crippen LogP contribution is 2.24. The summed E-state index contributed by atoms with van der Waals surface area (Å²) in [4.78, 5) is 20.8. The van der Waals surface area contributed by atoms with Gasteiger partial charge in [0, 0.05) is 38.9 Å². The number of nitrogen functional groups attached to an aromatic ring is 1. The van der Waals surface area contributed by atoms with E-state index < -0.39 is 15.3 Å². The van der Waals surface area contributed by atoms with Crippen molar-refractivity contribution < 1.29 is 12.9 Å². The zero-order valence-electron chi connectivity index (χ0n) is 18.1. The molecule has 0 atom stereocenters. The molecular weight excluding hydrogens is 434 g/mol. The summed E-state index contributed by atoms with van der Waals surface area (Å²) in [6, 6.07) is 9.86. The number of benzene rings is 1. The predicted molar refractivity (Wildman–Crippen MR) is 120 cm³/mol. The van der Waals surface area contributed by atoms with Gasteiger partial charge in [-0.2, -0.15) is 24.2 Å². The molecule has 13 heteroatoms. The topological polar surface area (TPSA) is 147 Å². The summed E-state index contributed by atoms with van der Waals surface area (Å²) in [7, 11) is -1.47. The van der Waals surface area contributed by atoms with Crippen molar-refractivity contribution in [2.24, 2.45) is 0 Å². The van der Waals surface area contributed by atoms with E-state index in [1.807, 2.05) is 42.3 Å². The van der Waals surface area contributed by atoms with Gasteiger partial charge in [-0.1, -0.05) is 23.4 Å². The maximum absolute atomic E-state index is 12.4. The first kappa shape index (κ1) is 21.9. The lowest BCUT2D eigenvalue weighted by atomic mass is 10.3. The second-order valence-corrected chi connectivity index (χ2v) is 10.1. The number of piperazine rings is 1. The fourth-order valence-corrected chi connectivity index (χ4v) is 4.53. The van der Waals surface area contributed by atoms with E-state index in [2.05, 4.69) is 25.1 Å². The minimum atomic E-state index is -3.29. The van der Waals surface area contributed by atoms with Gasteiger partial charge in [0.25, 0.3) is 0 Å². The van der Waals surface area contributed by atoms with Crippen molar-refractivity contribution in [3.8, 4) is 11.6 Å². The molecule has 4 rings (SSSR count). The number of aromatic nitrogens is 5. The van der Waals surface area contributed by atoms with Gasteiger partial charge in [0.05, 0.1) is 5.25 Å². The van der Waals surface area contributed by atoms with Crippen LogP contribution in [-0.4, -0.2) is 76.3 Å². The lowest BCUT2D eigenvalue weighted by Crippen LogP contribution is -2.50. The zero-order valence-corrected chi connectivity index (χ0v) is 18.9. The van der Waals surface area contributed by atoms with Crippen LogP contribution in [0.3, 0.4) is 0 Å². The molecule has 1 aliphatic rings. The Morgan fingerprint density at radius 3 is 2.34 bits per heavy atom. The Morgan fingerprint density at radius 2 is 1.69 bits per heavy atom. The van der Waals surface area contributed by atoms with Gasteiger partial charge in [0.15, 0.2) is 0 Å². The molecule has 0 bridgehead atoms. The molecule has 1 aromatic carbocycles. The Balaban J connectivity index is 1.51. The summed E-state index contributed by atoms with van der Waals surface area (Å²) in [5, 5.41) is 3.53. The van der Waals surface area contributed by atoms with Crippen molar-refractivity contribution in [3.63, 3.8) is 0 Å². The Hall–Kier alpha value is -3.32. The number of hydrogen-bond acceptors (Lipinski definition) is 11. The van der Waals surface area contributed by atoms with Gasteiger partial charge in [-0.05, 0) is 26.0 Å². The maximum atomic E-state index is 12.4. The first-order valence-electron chi connectivity index (χ1n) is 10.1. The molecule has 1 saturated heterocycles. The molecular formula is C19H25N9O3S. The van der Waals surface area contributed by atoms with Gasteiger partial charge >= 0.3 is 6.01 Å². The van der Waals surface area contributed by atoms with Crippen LogP contribution in [-0.2, 0) is 10.0 Å². The van der Waals surface area contributed by atoms with Crippen molar-refractivity contribution in [1.29, 1.82) is 0 Å². The fourth-order valence-electron chi connectivity index (χ4n) is 3.26. The van der Waals surface area contributed by atoms with E-state index in [4.69, 9.17) is 10.3 Å². The minimum Gasteiger partial charge on any atom is -0.368 e. The predicted octanol–water partition coefficient (Wildman–Crippen LogP) is 1.13. The number of sulfonamides is 1. The fraction of sp³-hybridized carbons (Fsp3) is 0.421. The van der Waals surface area contributed by atoms with Gasteiger partial charge in [-0.3, -0.25) is 0 Å². The Bertz CT molecular complexity index is 1180. The highest BCUT2D eigenvalue weighted by Gasteiger charge is 2.31. The summed E-state index contributed by atoms with van der Waals surface area (Å²) in [5.74, 6) is 0.740. The molecule has 0 spiro atoms. The quantitative estimate of drug-likeness (QED) is 0.565. The van der Waals surface area contributed by atoms with Crippen LogP contribution in [0.4, 0.5) is 23.6 Å². The summed E-state index contributed by atoms with van der Waals surface area (Å²) in [5.41, 5.74) is 6.78. The smallest absolute Gasteiger partial charge is 0.324 e. The minimum absolute atomic E-state index is 0.0339. The van der Waals surface area contributed by atoms with Crippen LogP contribution in [0.25, 0.3) is 11.6 Å². The summed E-state index contributed by atoms with van der Waals surface area (Å²) >= 11 is 0. The largest absolute Gasteiger partial charge is 0.368 e. The zero-order chi connectivity index (χ0) is 22.9. The highest BCUT2D eigenvalue weighted by atomic mass is 32.2. The van der Waals surface area contributed by atoms with Gasteiger partial charge in [0.2, 0.25) is 33.6 Å². The normalized spacial score (nSPS) is 15.3. The number of rotatable bonds is 6. The van der Waals surface area contributed by atoms with Crippen LogP contribution < -0.4 is 15.5 Å². The molecule has 170 valence electrons. The van der Waals surface area contributed by atoms with Crippen molar-refractivity contribution in [1.82, 2.24) is 29.4 Å². The van der Waals surface area contributed by atoms with Gasteiger partial charge < -0.3 is 20.1 Å². The monoisotopic (exact) mass is 459 g/mol. The summed E-state index contributed by atoms with van der Waals surface area (Å²) in [6.07, 6.45) is 0. The molecule has 0 unspecified atom stereocenters. The highest BCUT2D eigenvalue weighted by molar-refractivity contribution is 7.89. The van der Waals surface area contributed by atoms with Crippen LogP contribution >= 0.6 is 0 Å². The average molecular weight is 460 g/mol. The molecule has 1 fully saturated rings. The molecule has 3 heterocycles. The van der Waals surface area contributed by atoms with Crippen LogP contribution in [0.1, 0.15) is 13.8 Å². The Kier molecular flexibility index (Phi) is 5.93. The third-order valence-corrected chi connectivity index (χ3v) is 7.44. The molecule has 32 heavy (non-hydrogen) atoms. The van der Waals surface area contributed by atoms with E-state index in [-0.39, 0.29) is 23.6 Å². The number of nitrogens with zero attached hydrogens (tertiary/aromatic N) is 8. The maximum Gasteiger partial charge on any atom is 0.324 e. The van der Waals surface area contributed by atoms with Crippen molar-refractivity contribution >= 4 is 33.6 Å². The number of hydrogen-bond donors (Lipinski definition) is 1. The van der Waals surface area contributed by atoms with Crippen LogP contribution in [0, 0.1) is 0 Å². The van der Waals surface area contributed by atoms with Crippen LogP contribution in [0.5, 0.6) is 0 Å². The Morgan fingerprint density at radius 1 is 1.00 bits per heavy atom. The van der Waals surface area contributed by atoms with Crippen LogP contribution in [0.15, 0.2) is 34.9 Å². The molecule has 12 nitrogen and oxygen atoms in total. The third-order valence-electron chi connectivity index (χ3n) is 5.16. The van der Waals surface area contributed by atoms with Gasteiger partial charge in [-0.15, -0.1) is 0 Å². The molecule has 0 aliphatic carbocycles. The molecule has 3 aromatic rings. The standard InChI is InChI=1S/C19H25N9O3S/c1-13(2)32(29,30)28-11-9-27(10-12-28)19-23-16(25-31-19)15-21-17(20)24-18(22-15)26(3)14-7-5-4-6-8-14/h4-8,13H,9-12H2,1-3H3,(H2,20,21,22,24). The number of para-hydroxylation sites is 1.